The minimum atomic E-state index is -1.50. The first-order valence-corrected chi connectivity index (χ1v) is 8.43. The first-order chi connectivity index (χ1) is 12.2. The molecule has 3 aromatic heterocycles. The van der Waals surface area contributed by atoms with Gasteiger partial charge in [-0.2, -0.15) is 5.10 Å². The van der Waals surface area contributed by atoms with Crippen LogP contribution in [0.15, 0.2) is 36.9 Å². The molecule has 0 saturated heterocycles. The van der Waals surface area contributed by atoms with E-state index >= 15 is 0 Å². The monoisotopic (exact) mass is 375 g/mol. The van der Waals surface area contributed by atoms with Crippen LogP contribution in [0, 0.1) is 0 Å². The molecule has 0 spiro atoms. The molecule has 0 aliphatic carbocycles. The lowest BCUT2D eigenvalue weighted by atomic mass is 10.0. The minimum Gasteiger partial charge on any atom is -0.377 e. The van der Waals surface area contributed by atoms with Gasteiger partial charge in [0, 0.05) is 29.7 Å². The van der Waals surface area contributed by atoms with E-state index in [1.54, 1.807) is 36.1 Å². The maximum atomic E-state index is 14.3. The summed E-state index contributed by atoms with van der Waals surface area (Å²) in [6.45, 7) is 4.63. The van der Waals surface area contributed by atoms with Crippen molar-refractivity contribution in [2.24, 2.45) is 5.73 Å². The summed E-state index contributed by atoms with van der Waals surface area (Å²) in [5.41, 5.74) is 6.77. The number of alkyl halides is 1. The Morgan fingerprint density at radius 2 is 2.15 bits per heavy atom. The van der Waals surface area contributed by atoms with Crippen molar-refractivity contribution in [1.82, 2.24) is 14.6 Å². The third kappa shape index (κ3) is 3.35. The van der Waals surface area contributed by atoms with E-state index in [0.29, 0.717) is 16.2 Å². The number of rotatable bonds is 5. The number of primary amides is 1. The molecule has 0 aliphatic rings. The molecule has 0 fully saturated rings. The van der Waals surface area contributed by atoms with Crippen LogP contribution in [0.3, 0.4) is 0 Å². The number of aromatic nitrogens is 3. The number of anilines is 1. The standard InChI is InChI=1S/C18H19ClFN5O/c1-10(18(2,3)20)24-16-13(17(21)26)7-23-25-9-11(6-15(16)25)12-4-5-22-8-14(12)19/h4-10,24H,1-3H3,(H2,21,26)/t10-/m1/s1. The summed E-state index contributed by atoms with van der Waals surface area (Å²) in [6, 6.07) is 3.04. The average Bonchev–Trinajstić information content (AvgIpc) is 2.98. The number of nitrogens with two attached hydrogens (primary N) is 1. The lowest BCUT2D eigenvalue weighted by Crippen LogP contribution is -2.36. The number of carbonyl (C=O) groups is 1. The first-order valence-electron chi connectivity index (χ1n) is 8.05. The summed E-state index contributed by atoms with van der Waals surface area (Å²) in [6.07, 6.45) is 6.33. The molecule has 1 atom stereocenters. The van der Waals surface area contributed by atoms with Crippen molar-refractivity contribution in [1.29, 1.82) is 0 Å². The van der Waals surface area contributed by atoms with Crippen molar-refractivity contribution in [3.63, 3.8) is 0 Å². The van der Waals surface area contributed by atoms with Gasteiger partial charge in [-0.15, -0.1) is 0 Å². The van der Waals surface area contributed by atoms with E-state index < -0.39 is 17.6 Å². The van der Waals surface area contributed by atoms with Gasteiger partial charge >= 0.3 is 0 Å². The van der Waals surface area contributed by atoms with Crippen LogP contribution < -0.4 is 11.1 Å². The SMILES string of the molecule is C[C@@H](Nc1c(C(N)=O)cnn2cc(-c3ccncc3Cl)cc12)C(C)(C)F. The molecular formula is C18H19ClFN5O. The molecule has 0 aliphatic heterocycles. The van der Waals surface area contributed by atoms with Gasteiger partial charge in [0.05, 0.1) is 34.0 Å². The highest BCUT2D eigenvalue weighted by molar-refractivity contribution is 6.33. The fourth-order valence-electron chi connectivity index (χ4n) is 2.54. The van der Waals surface area contributed by atoms with Crippen molar-refractivity contribution in [2.75, 3.05) is 5.32 Å². The van der Waals surface area contributed by atoms with Crippen molar-refractivity contribution in [2.45, 2.75) is 32.5 Å². The van der Waals surface area contributed by atoms with Gasteiger partial charge in [-0.25, -0.2) is 8.91 Å². The van der Waals surface area contributed by atoms with E-state index in [9.17, 15) is 9.18 Å². The van der Waals surface area contributed by atoms with Crippen LogP contribution in [0.2, 0.25) is 5.02 Å². The summed E-state index contributed by atoms with van der Waals surface area (Å²) in [5.74, 6) is -0.643. The van der Waals surface area contributed by atoms with Crippen LogP contribution in [-0.4, -0.2) is 32.2 Å². The number of carbonyl (C=O) groups excluding carboxylic acids is 1. The number of amides is 1. The molecule has 3 N–H and O–H groups in total. The van der Waals surface area contributed by atoms with Crippen molar-refractivity contribution in [3.8, 4) is 11.1 Å². The summed E-state index contributed by atoms with van der Waals surface area (Å²) in [4.78, 5) is 15.8. The van der Waals surface area contributed by atoms with E-state index in [0.717, 1.165) is 11.1 Å². The average molecular weight is 376 g/mol. The smallest absolute Gasteiger partial charge is 0.252 e. The lowest BCUT2D eigenvalue weighted by molar-refractivity contribution is 0.1000. The van der Waals surface area contributed by atoms with E-state index in [1.165, 1.54) is 20.0 Å². The van der Waals surface area contributed by atoms with Crippen LogP contribution in [0.1, 0.15) is 31.1 Å². The van der Waals surface area contributed by atoms with Crippen molar-refractivity contribution in [3.05, 3.63) is 47.5 Å². The van der Waals surface area contributed by atoms with Crippen LogP contribution in [-0.2, 0) is 0 Å². The molecule has 0 saturated carbocycles. The van der Waals surface area contributed by atoms with Gasteiger partial charge in [0.1, 0.15) is 5.67 Å². The van der Waals surface area contributed by atoms with Crippen molar-refractivity contribution < 1.29 is 9.18 Å². The van der Waals surface area contributed by atoms with Crippen molar-refractivity contribution >= 4 is 28.7 Å². The van der Waals surface area contributed by atoms with E-state index in [4.69, 9.17) is 17.3 Å². The first kappa shape index (κ1) is 18.1. The lowest BCUT2D eigenvalue weighted by Gasteiger charge is -2.26. The molecular weight excluding hydrogens is 357 g/mol. The van der Waals surface area contributed by atoms with Gasteiger partial charge in [-0.1, -0.05) is 11.6 Å². The second kappa shape index (κ2) is 6.57. The predicted molar refractivity (Wildman–Crippen MR) is 100 cm³/mol. The maximum Gasteiger partial charge on any atom is 0.252 e. The number of fused-ring (bicyclic) bond motifs is 1. The van der Waals surface area contributed by atoms with Gasteiger partial charge in [-0.3, -0.25) is 9.78 Å². The second-order valence-corrected chi connectivity index (χ2v) is 7.05. The number of pyridine rings is 1. The normalized spacial score (nSPS) is 13.0. The number of nitrogens with zero attached hydrogens (tertiary/aromatic N) is 3. The summed E-state index contributed by atoms with van der Waals surface area (Å²) in [7, 11) is 0. The Balaban J connectivity index is 2.18. The maximum absolute atomic E-state index is 14.3. The van der Waals surface area contributed by atoms with Crippen LogP contribution in [0.25, 0.3) is 16.6 Å². The number of nitrogens with one attached hydrogen (secondary N) is 1. The van der Waals surface area contributed by atoms with E-state index in [2.05, 4.69) is 15.4 Å². The molecule has 0 radical (unpaired) electrons. The summed E-state index contributed by atoms with van der Waals surface area (Å²) in [5, 5.41) is 7.80. The van der Waals surface area contributed by atoms with Gasteiger partial charge < -0.3 is 11.1 Å². The molecule has 3 aromatic rings. The molecule has 3 rings (SSSR count). The van der Waals surface area contributed by atoms with Gasteiger partial charge in [0.2, 0.25) is 0 Å². The molecule has 6 nitrogen and oxygen atoms in total. The zero-order chi connectivity index (χ0) is 19.1. The highest BCUT2D eigenvalue weighted by atomic mass is 35.5. The Kier molecular flexibility index (Phi) is 4.58. The van der Waals surface area contributed by atoms with Crippen LogP contribution in [0.5, 0.6) is 0 Å². The third-order valence-electron chi connectivity index (χ3n) is 4.38. The molecule has 0 unspecified atom stereocenters. The highest BCUT2D eigenvalue weighted by Gasteiger charge is 2.27. The number of hydrogen-bond donors (Lipinski definition) is 2. The number of halogens is 2. The Morgan fingerprint density at radius 3 is 2.77 bits per heavy atom. The number of hydrogen-bond acceptors (Lipinski definition) is 4. The second-order valence-electron chi connectivity index (χ2n) is 6.64. The summed E-state index contributed by atoms with van der Waals surface area (Å²) < 4.78 is 15.9. The third-order valence-corrected chi connectivity index (χ3v) is 4.68. The zero-order valence-corrected chi connectivity index (χ0v) is 15.4. The summed E-state index contributed by atoms with van der Waals surface area (Å²) >= 11 is 6.22. The Bertz CT molecular complexity index is 979. The fourth-order valence-corrected chi connectivity index (χ4v) is 2.77. The Hall–Kier alpha value is -2.67. The Labute approximate surface area is 155 Å². The Morgan fingerprint density at radius 1 is 1.42 bits per heavy atom. The molecule has 8 heteroatoms. The van der Waals surface area contributed by atoms with E-state index in [1.807, 2.05) is 6.07 Å². The topological polar surface area (TPSA) is 85.3 Å². The quantitative estimate of drug-likeness (QED) is 0.712. The predicted octanol–water partition coefficient (Wildman–Crippen LogP) is 3.70. The zero-order valence-electron chi connectivity index (χ0n) is 14.6. The minimum absolute atomic E-state index is 0.194. The van der Waals surface area contributed by atoms with Gasteiger partial charge in [-0.05, 0) is 32.9 Å². The largest absolute Gasteiger partial charge is 0.377 e. The van der Waals surface area contributed by atoms with Gasteiger partial charge in [0.25, 0.3) is 5.91 Å². The van der Waals surface area contributed by atoms with Gasteiger partial charge in [0.15, 0.2) is 0 Å². The molecule has 0 bridgehead atoms. The van der Waals surface area contributed by atoms with Crippen LogP contribution in [0.4, 0.5) is 10.1 Å². The molecule has 0 aromatic carbocycles. The fraction of sp³-hybridized carbons (Fsp3) is 0.278. The van der Waals surface area contributed by atoms with E-state index in [-0.39, 0.29) is 5.56 Å². The molecule has 26 heavy (non-hydrogen) atoms. The molecule has 1 amide bonds. The molecule has 3 heterocycles. The molecule has 136 valence electrons. The highest BCUT2D eigenvalue weighted by Crippen LogP contribution is 2.32. The van der Waals surface area contributed by atoms with Crippen LogP contribution >= 0.6 is 11.6 Å².